The van der Waals surface area contributed by atoms with E-state index in [-0.39, 0.29) is 11.1 Å². The lowest BCUT2D eigenvalue weighted by Gasteiger charge is -2.01. The third-order valence-corrected chi connectivity index (χ3v) is 4.21. The Labute approximate surface area is 173 Å². The normalized spacial score (nSPS) is 9.87. The first-order chi connectivity index (χ1) is 14.5. The number of hydrogen-bond donors (Lipinski definition) is 2. The Kier molecular flexibility index (Phi) is 6.63. The van der Waals surface area contributed by atoms with Crippen LogP contribution in [0.2, 0.25) is 0 Å². The first-order valence-corrected chi connectivity index (χ1v) is 9.02. The first-order valence-electron chi connectivity index (χ1n) is 9.02. The largest absolute Gasteiger partial charge is 0.478 e. The number of benzene rings is 2. The van der Waals surface area contributed by atoms with Gasteiger partial charge in [-0.1, -0.05) is 36.4 Å². The molecular formula is C24H18N2O4. The monoisotopic (exact) mass is 398 g/mol. The van der Waals surface area contributed by atoms with Crippen molar-refractivity contribution in [2.75, 3.05) is 0 Å². The molecule has 0 aliphatic rings. The summed E-state index contributed by atoms with van der Waals surface area (Å²) in [6.07, 6.45) is 6.79. The van der Waals surface area contributed by atoms with Crippen molar-refractivity contribution in [3.05, 3.63) is 109 Å². The second kappa shape index (κ2) is 9.75. The van der Waals surface area contributed by atoms with E-state index in [1.54, 1.807) is 61.2 Å². The summed E-state index contributed by atoms with van der Waals surface area (Å²) in [6.45, 7) is 0. The fourth-order valence-corrected chi connectivity index (χ4v) is 2.73. The Morgan fingerprint density at radius 3 is 1.30 bits per heavy atom. The van der Waals surface area contributed by atoms with Gasteiger partial charge in [-0.15, -0.1) is 0 Å². The summed E-state index contributed by atoms with van der Waals surface area (Å²) >= 11 is 0. The quantitative estimate of drug-likeness (QED) is 0.507. The van der Waals surface area contributed by atoms with E-state index in [0.29, 0.717) is 0 Å². The molecule has 0 saturated heterocycles. The molecule has 0 fully saturated rings. The van der Waals surface area contributed by atoms with Gasteiger partial charge in [-0.2, -0.15) is 0 Å². The van der Waals surface area contributed by atoms with Crippen LogP contribution in [-0.4, -0.2) is 32.1 Å². The lowest BCUT2D eigenvalue weighted by Crippen LogP contribution is -1.95. The number of nitrogens with zero attached hydrogens (tertiary/aromatic N) is 2. The zero-order valence-electron chi connectivity index (χ0n) is 15.8. The van der Waals surface area contributed by atoms with Gasteiger partial charge in [0.25, 0.3) is 0 Å². The minimum absolute atomic E-state index is 0.288. The lowest BCUT2D eigenvalue weighted by atomic mass is 10.1. The van der Waals surface area contributed by atoms with Crippen LogP contribution in [0.25, 0.3) is 22.3 Å². The summed E-state index contributed by atoms with van der Waals surface area (Å²) in [7, 11) is 0. The number of pyridine rings is 2. The molecule has 2 aromatic heterocycles. The van der Waals surface area contributed by atoms with Crippen molar-refractivity contribution < 1.29 is 19.8 Å². The van der Waals surface area contributed by atoms with E-state index in [9.17, 15) is 9.59 Å². The standard InChI is InChI=1S/2C12H9NO2/c2*14-12(15)10-4-1-3-9(7-10)11-5-2-6-13-8-11/h2*1-8H,(H,14,15). The maximum atomic E-state index is 10.8. The molecule has 0 amide bonds. The van der Waals surface area contributed by atoms with E-state index in [4.69, 9.17) is 10.2 Å². The van der Waals surface area contributed by atoms with Crippen molar-refractivity contribution in [3.63, 3.8) is 0 Å². The van der Waals surface area contributed by atoms with E-state index in [1.807, 2.05) is 36.4 Å². The Balaban J connectivity index is 0.000000171. The molecule has 6 heteroatoms. The molecule has 4 aromatic rings. The van der Waals surface area contributed by atoms with Gasteiger partial charge in [0, 0.05) is 35.9 Å². The molecule has 0 radical (unpaired) electrons. The fourth-order valence-electron chi connectivity index (χ4n) is 2.73. The van der Waals surface area contributed by atoms with Crippen LogP contribution in [-0.2, 0) is 0 Å². The zero-order chi connectivity index (χ0) is 21.3. The predicted octanol–water partition coefficient (Wildman–Crippen LogP) is 4.89. The van der Waals surface area contributed by atoms with Gasteiger partial charge in [0.1, 0.15) is 0 Å². The van der Waals surface area contributed by atoms with Gasteiger partial charge in [0.15, 0.2) is 0 Å². The average molecular weight is 398 g/mol. The Bertz CT molecular complexity index is 1050. The number of hydrogen-bond acceptors (Lipinski definition) is 4. The maximum Gasteiger partial charge on any atom is 0.335 e. The second-order valence-corrected chi connectivity index (χ2v) is 6.26. The minimum Gasteiger partial charge on any atom is -0.478 e. The van der Waals surface area contributed by atoms with Crippen LogP contribution >= 0.6 is 0 Å². The lowest BCUT2D eigenvalue weighted by molar-refractivity contribution is 0.0686. The molecule has 0 bridgehead atoms. The third-order valence-electron chi connectivity index (χ3n) is 4.21. The van der Waals surface area contributed by atoms with Crippen LogP contribution in [0, 0.1) is 0 Å². The van der Waals surface area contributed by atoms with E-state index in [2.05, 4.69) is 9.97 Å². The maximum absolute atomic E-state index is 10.8. The molecule has 0 saturated carbocycles. The average Bonchev–Trinajstić information content (AvgIpc) is 2.81. The minimum atomic E-state index is -0.916. The van der Waals surface area contributed by atoms with Crippen LogP contribution in [0.15, 0.2) is 97.6 Å². The molecule has 0 spiro atoms. The molecule has 0 aliphatic heterocycles. The predicted molar refractivity (Wildman–Crippen MR) is 113 cm³/mol. The van der Waals surface area contributed by atoms with E-state index >= 15 is 0 Å². The smallest absolute Gasteiger partial charge is 0.335 e. The highest BCUT2D eigenvalue weighted by Crippen LogP contribution is 2.20. The third kappa shape index (κ3) is 5.36. The van der Waals surface area contributed by atoms with E-state index in [0.717, 1.165) is 22.3 Å². The van der Waals surface area contributed by atoms with Gasteiger partial charge >= 0.3 is 11.9 Å². The SMILES string of the molecule is O=C(O)c1cccc(-c2cccnc2)c1.O=C(O)c1cccc(-c2cccnc2)c1. The molecule has 148 valence electrons. The summed E-state index contributed by atoms with van der Waals surface area (Å²) < 4.78 is 0. The molecule has 30 heavy (non-hydrogen) atoms. The molecule has 2 heterocycles. The summed E-state index contributed by atoms with van der Waals surface area (Å²) in [6, 6.07) is 21.0. The van der Waals surface area contributed by atoms with Gasteiger partial charge in [-0.25, -0.2) is 9.59 Å². The van der Waals surface area contributed by atoms with Crippen LogP contribution < -0.4 is 0 Å². The van der Waals surface area contributed by atoms with Crippen molar-refractivity contribution in [2.45, 2.75) is 0 Å². The van der Waals surface area contributed by atoms with Crippen LogP contribution in [0.3, 0.4) is 0 Å². The fraction of sp³-hybridized carbons (Fsp3) is 0. The number of aromatic carboxylic acids is 2. The van der Waals surface area contributed by atoms with Gasteiger partial charge in [0.2, 0.25) is 0 Å². The number of carboxylic acids is 2. The Hall–Kier alpha value is -4.32. The summed E-state index contributed by atoms with van der Waals surface area (Å²) in [5.74, 6) is -1.83. The molecule has 0 atom stereocenters. The first kappa shape index (κ1) is 20.4. The molecule has 0 unspecified atom stereocenters. The van der Waals surface area contributed by atoms with E-state index in [1.165, 1.54) is 0 Å². The van der Waals surface area contributed by atoms with Crippen molar-refractivity contribution >= 4 is 11.9 Å². The summed E-state index contributed by atoms with van der Waals surface area (Å²) in [5.41, 5.74) is 4.14. The van der Waals surface area contributed by atoms with Gasteiger partial charge in [-0.3, -0.25) is 9.97 Å². The highest BCUT2D eigenvalue weighted by Gasteiger charge is 2.05. The van der Waals surface area contributed by atoms with Crippen molar-refractivity contribution in [1.29, 1.82) is 0 Å². The number of carboxylic acid groups (broad SMARTS) is 2. The highest BCUT2D eigenvalue weighted by atomic mass is 16.4. The summed E-state index contributed by atoms with van der Waals surface area (Å²) in [5, 5.41) is 17.7. The number of rotatable bonds is 4. The van der Waals surface area contributed by atoms with Crippen molar-refractivity contribution in [2.24, 2.45) is 0 Å². The van der Waals surface area contributed by atoms with Crippen LogP contribution in [0.4, 0.5) is 0 Å². The molecule has 2 N–H and O–H groups in total. The van der Waals surface area contributed by atoms with Crippen LogP contribution in [0.1, 0.15) is 20.7 Å². The molecule has 2 aromatic carbocycles. The zero-order valence-corrected chi connectivity index (χ0v) is 15.8. The van der Waals surface area contributed by atoms with Gasteiger partial charge in [-0.05, 0) is 47.5 Å². The molecule has 4 rings (SSSR count). The van der Waals surface area contributed by atoms with Crippen molar-refractivity contribution in [1.82, 2.24) is 9.97 Å². The number of aromatic nitrogens is 2. The van der Waals surface area contributed by atoms with Gasteiger partial charge in [0.05, 0.1) is 11.1 Å². The van der Waals surface area contributed by atoms with Gasteiger partial charge < -0.3 is 10.2 Å². The summed E-state index contributed by atoms with van der Waals surface area (Å²) in [4.78, 5) is 29.5. The molecule has 0 aliphatic carbocycles. The van der Waals surface area contributed by atoms with Crippen molar-refractivity contribution in [3.8, 4) is 22.3 Å². The highest BCUT2D eigenvalue weighted by molar-refractivity contribution is 5.90. The Morgan fingerprint density at radius 2 is 0.967 bits per heavy atom. The molecule has 6 nitrogen and oxygen atoms in total. The Morgan fingerprint density at radius 1 is 0.567 bits per heavy atom. The van der Waals surface area contributed by atoms with E-state index < -0.39 is 11.9 Å². The second-order valence-electron chi connectivity index (χ2n) is 6.26. The molecular weight excluding hydrogens is 380 g/mol. The number of carbonyl (C=O) groups is 2. The van der Waals surface area contributed by atoms with Crippen LogP contribution in [0.5, 0.6) is 0 Å². The topological polar surface area (TPSA) is 100 Å².